The molecule has 2 bridgehead atoms. The number of likely N-dealkylation sites (tertiary alicyclic amines) is 2. The summed E-state index contributed by atoms with van der Waals surface area (Å²) in [6.45, 7) is 3.04. The zero-order valence-corrected chi connectivity index (χ0v) is 15.4. The fraction of sp³-hybridized carbons (Fsp3) is 0.900. The van der Waals surface area contributed by atoms with Gasteiger partial charge in [0.15, 0.2) is 0 Å². The molecule has 2 amide bonds. The van der Waals surface area contributed by atoms with E-state index in [0.717, 1.165) is 37.1 Å². The van der Waals surface area contributed by atoms with Gasteiger partial charge in [0.05, 0.1) is 6.54 Å². The van der Waals surface area contributed by atoms with Gasteiger partial charge in [0, 0.05) is 25.0 Å². The van der Waals surface area contributed by atoms with Gasteiger partial charge >= 0.3 is 0 Å². The quantitative estimate of drug-likeness (QED) is 0.827. The number of nitrogens with zero attached hydrogens (tertiary/aromatic N) is 2. The first-order valence-electron chi connectivity index (χ1n) is 10.4. The Hall–Kier alpha value is -1.10. The van der Waals surface area contributed by atoms with Gasteiger partial charge in [-0.15, -0.1) is 0 Å². The summed E-state index contributed by atoms with van der Waals surface area (Å²) in [4.78, 5) is 28.4. The van der Waals surface area contributed by atoms with Gasteiger partial charge in [-0.3, -0.25) is 14.5 Å². The number of hydrogen-bond acceptors (Lipinski definition) is 3. The first-order chi connectivity index (χ1) is 12.1. The average Bonchev–Trinajstić information content (AvgIpc) is 3.33. The third-order valence-corrected chi connectivity index (χ3v) is 7.55. The van der Waals surface area contributed by atoms with E-state index in [2.05, 4.69) is 4.90 Å². The minimum Gasteiger partial charge on any atom is -0.369 e. The molecule has 2 saturated carbocycles. The number of rotatable bonds is 5. The highest BCUT2D eigenvalue weighted by Gasteiger charge is 2.41. The molecule has 5 nitrogen and oxygen atoms in total. The van der Waals surface area contributed by atoms with Crippen molar-refractivity contribution in [2.75, 3.05) is 26.2 Å². The van der Waals surface area contributed by atoms with E-state index in [-0.39, 0.29) is 17.7 Å². The number of fused-ring (bicyclic) bond motifs is 2. The molecule has 140 valence electrons. The summed E-state index contributed by atoms with van der Waals surface area (Å²) < 4.78 is 0. The molecule has 0 spiro atoms. The van der Waals surface area contributed by atoms with Crippen LogP contribution in [0.1, 0.15) is 57.8 Å². The van der Waals surface area contributed by atoms with Gasteiger partial charge < -0.3 is 10.6 Å². The van der Waals surface area contributed by atoms with Crippen molar-refractivity contribution >= 4 is 11.8 Å². The molecule has 25 heavy (non-hydrogen) atoms. The van der Waals surface area contributed by atoms with Crippen LogP contribution in [0.4, 0.5) is 0 Å². The van der Waals surface area contributed by atoms with Gasteiger partial charge in [0.1, 0.15) is 0 Å². The minimum absolute atomic E-state index is 0.0404. The van der Waals surface area contributed by atoms with Gasteiger partial charge in [-0.1, -0.05) is 6.42 Å². The summed E-state index contributed by atoms with van der Waals surface area (Å²) in [5.74, 6) is 2.92. The molecule has 2 heterocycles. The van der Waals surface area contributed by atoms with E-state index in [1.165, 1.54) is 44.9 Å². The van der Waals surface area contributed by atoms with Crippen molar-refractivity contribution < 1.29 is 9.59 Å². The predicted molar refractivity (Wildman–Crippen MR) is 96.6 cm³/mol. The summed E-state index contributed by atoms with van der Waals surface area (Å²) in [5, 5.41) is 0. The largest absolute Gasteiger partial charge is 0.369 e. The van der Waals surface area contributed by atoms with Crippen LogP contribution in [-0.2, 0) is 9.59 Å². The van der Waals surface area contributed by atoms with E-state index < -0.39 is 0 Å². The summed E-state index contributed by atoms with van der Waals surface area (Å²) in [5.41, 5.74) is 5.39. The molecule has 5 heteroatoms. The van der Waals surface area contributed by atoms with Gasteiger partial charge in [-0.2, -0.15) is 0 Å². The molecule has 0 unspecified atom stereocenters. The lowest BCUT2D eigenvalue weighted by Gasteiger charge is -2.34. The van der Waals surface area contributed by atoms with Gasteiger partial charge in [0.2, 0.25) is 11.8 Å². The Morgan fingerprint density at radius 1 is 0.960 bits per heavy atom. The lowest BCUT2D eigenvalue weighted by atomic mass is 9.84. The van der Waals surface area contributed by atoms with Crippen molar-refractivity contribution in [2.45, 2.75) is 63.8 Å². The Kier molecular flexibility index (Phi) is 5.03. The molecule has 4 fully saturated rings. The monoisotopic (exact) mass is 347 g/mol. The summed E-state index contributed by atoms with van der Waals surface area (Å²) in [6.07, 6.45) is 11.1. The smallest absolute Gasteiger partial charge is 0.236 e. The number of piperidine rings is 1. The fourth-order valence-electron chi connectivity index (χ4n) is 6.07. The molecular weight excluding hydrogens is 314 g/mol. The van der Waals surface area contributed by atoms with Crippen molar-refractivity contribution in [3.63, 3.8) is 0 Å². The second-order valence-electron chi connectivity index (χ2n) is 8.99. The number of amides is 2. The molecule has 0 aromatic carbocycles. The fourth-order valence-corrected chi connectivity index (χ4v) is 6.07. The Morgan fingerprint density at radius 3 is 2.40 bits per heavy atom. The molecule has 2 aliphatic carbocycles. The zero-order chi connectivity index (χ0) is 17.4. The number of carbonyl (C=O) groups is 2. The molecule has 4 aliphatic rings. The van der Waals surface area contributed by atoms with Gasteiger partial charge in [-0.25, -0.2) is 0 Å². The van der Waals surface area contributed by atoms with Crippen LogP contribution in [0.2, 0.25) is 0 Å². The Balaban J connectivity index is 1.26. The molecule has 2 N–H and O–H groups in total. The normalized spacial score (nSPS) is 36.2. The van der Waals surface area contributed by atoms with Gasteiger partial charge in [-0.05, 0) is 75.7 Å². The maximum Gasteiger partial charge on any atom is 0.236 e. The first kappa shape index (κ1) is 17.3. The average molecular weight is 348 g/mol. The highest BCUT2D eigenvalue weighted by atomic mass is 16.2. The first-order valence-corrected chi connectivity index (χ1v) is 10.4. The topological polar surface area (TPSA) is 66.6 Å². The summed E-state index contributed by atoms with van der Waals surface area (Å²) in [7, 11) is 0. The van der Waals surface area contributed by atoms with E-state index in [9.17, 15) is 9.59 Å². The van der Waals surface area contributed by atoms with E-state index in [0.29, 0.717) is 25.7 Å². The molecule has 0 aromatic rings. The lowest BCUT2D eigenvalue weighted by Crippen LogP contribution is -2.47. The van der Waals surface area contributed by atoms with E-state index in [4.69, 9.17) is 5.73 Å². The van der Waals surface area contributed by atoms with Crippen molar-refractivity contribution in [1.29, 1.82) is 0 Å². The molecule has 4 rings (SSSR count). The maximum absolute atomic E-state index is 12.7. The van der Waals surface area contributed by atoms with Crippen LogP contribution in [0, 0.1) is 23.7 Å². The van der Waals surface area contributed by atoms with Crippen LogP contribution in [0.15, 0.2) is 0 Å². The van der Waals surface area contributed by atoms with Gasteiger partial charge in [0.25, 0.3) is 0 Å². The molecule has 0 aromatic heterocycles. The number of hydrogen-bond donors (Lipinski definition) is 1. The van der Waals surface area contributed by atoms with Crippen LogP contribution in [0.25, 0.3) is 0 Å². The molecule has 2 saturated heterocycles. The van der Waals surface area contributed by atoms with Crippen molar-refractivity contribution in [3.8, 4) is 0 Å². The Bertz CT molecular complexity index is 515. The SMILES string of the molecule is NC(=O)C1CCN(C(=O)CN2CCC[C@H]2C[C@@H]2C[C@H]3CC[C@H]2C3)CC1. The van der Waals surface area contributed by atoms with Crippen LogP contribution >= 0.6 is 0 Å². The molecule has 2 aliphatic heterocycles. The molecular formula is C20H33N3O2. The van der Waals surface area contributed by atoms with E-state index in [1.807, 2.05) is 4.90 Å². The summed E-state index contributed by atoms with van der Waals surface area (Å²) >= 11 is 0. The molecule has 0 radical (unpaired) electrons. The third-order valence-electron chi connectivity index (χ3n) is 7.55. The number of nitrogens with two attached hydrogens (primary N) is 1. The number of carbonyl (C=O) groups excluding carboxylic acids is 2. The molecule has 4 atom stereocenters. The van der Waals surface area contributed by atoms with Crippen LogP contribution in [0.3, 0.4) is 0 Å². The van der Waals surface area contributed by atoms with E-state index >= 15 is 0 Å². The number of primary amides is 1. The third kappa shape index (κ3) is 3.71. The Morgan fingerprint density at radius 2 is 1.76 bits per heavy atom. The highest BCUT2D eigenvalue weighted by molar-refractivity contribution is 5.80. The predicted octanol–water partition coefficient (Wildman–Crippen LogP) is 2.00. The van der Waals surface area contributed by atoms with Crippen molar-refractivity contribution in [2.24, 2.45) is 29.4 Å². The van der Waals surface area contributed by atoms with Crippen LogP contribution in [0.5, 0.6) is 0 Å². The highest BCUT2D eigenvalue weighted by Crippen LogP contribution is 2.50. The van der Waals surface area contributed by atoms with Crippen LogP contribution in [-0.4, -0.2) is 53.8 Å². The second-order valence-corrected chi connectivity index (χ2v) is 8.99. The van der Waals surface area contributed by atoms with E-state index in [1.54, 1.807) is 0 Å². The Labute approximate surface area is 151 Å². The van der Waals surface area contributed by atoms with Crippen molar-refractivity contribution in [3.05, 3.63) is 0 Å². The van der Waals surface area contributed by atoms with Crippen molar-refractivity contribution in [1.82, 2.24) is 9.80 Å². The zero-order valence-electron chi connectivity index (χ0n) is 15.4. The lowest BCUT2D eigenvalue weighted by molar-refractivity contribution is -0.136. The minimum atomic E-state index is -0.211. The summed E-state index contributed by atoms with van der Waals surface area (Å²) in [6, 6.07) is 0.622. The van der Waals surface area contributed by atoms with Crippen LogP contribution < -0.4 is 5.73 Å². The standard InChI is InChI=1S/C20H33N3O2/c21-20(25)15-5-8-22(9-6-15)19(24)13-23-7-1-2-18(23)12-17-11-14-3-4-16(17)10-14/h14-18H,1-13H2,(H2,21,25)/t14-,16-,17-,18-/m0/s1. The maximum atomic E-state index is 12.7. The second kappa shape index (κ2) is 7.26.